The van der Waals surface area contributed by atoms with Crippen LogP contribution in [0.1, 0.15) is 22.7 Å². The average molecular weight is 262 g/mol. The first-order valence-electron chi connectivity index (χ1n) is 6.88. The molecule has 1 atom stereocenters. The molecule has 0 amide bonds. The van der Waals surface area contributed by atoms with E-state index in [1.54, 1.807) is 0 Å². The minimum Gasteiger partial charge on any atom is -0.324 e. The fraction of sp³-hybridized carbons (Fsp3) is 0.167. The van der Waals surface area contributed by atoms with E-state index in [1.165, 1.54) is 11.1 Å². The molecular weight excluding hydrogens is 244 g/mol. The van der Waals surface area contributed by atoms with E-state index in [0.29, 0.717) is 0 Å². The van der Waals surface area contributed by atoms with Crippen molar-refractivity contribution in [2.75, 3.05) is 0 Å². The van der Waals surface area contributed by atoms with Gasteiger partial charge in [0.15, 0.2) is 0 Å². The Bertz CT molecular complexity index is 734. The second-order valence-electron chi connectivity index (χ2n) is 5.26. The first-order valence-corrected chi connectivity index (χ1v) is 6.88. The van der Waals surface area contributed by atoms with Crippen LogP contribution in [-0.4, -0.2) is 4.98 Å². The van der Waals surface area contributed by atoms with E-state index < -0.39 is 0 Å². The van der Waals surface area contributed by atoms with E-state index in [9.17, 15) is 0 Å². The van der Waals surface area contributed by atoms with Crippen LogP contribution in [0.2, 0.25) is 0 Å². The SMILES string of the molecule is Cc1cccc(CC(N)c2cnc3ccccc3c2)c1. The van der Waals surface area contributed by atoms with Crippen LogP contribution >= 0.6 is 0 Å². The number of fused-ring (bicyclic) bond motifs is 1. The van der Waals surface area contributed by atoms with Gasteiger partial charge < -0.3 is 5.73 Å². The van der Waals surface area contributed by atoms with Gasteiger partial charge in [0.2, 0.25) is 0 Å². The Morgan fingerprint density at radius 3 is 2.75 bits per heavy atom. The molecule has 0 aliphatic carbocycles. The van der Waals surface area contributed by atoms with Gasteiger partial charge in [0, 0.05) is 17.6 Å². The highest BCUT2D eigenvalue weighted by Gasteiger charge is 2.08. The maximum absolute atomic E-state index is 6.33. The Morgan fingerprint density at radius 1 is 1.05 bits per heavy atom. The van der Waals surface area contributed by atoms with E-state index in [0.717, 1.165) is 22.9 Å². The lowest BCUT2D eigenvalue weighted by atomic mass is 9.99. The van der Waals surface area contributed by atoms with Crippen LogP contribution in [0.4, 0.5) is 0 Å². The van der Waals surface area contributed by atoms with Gasteiger partial charge in [-0.25, -0.2) is 0 Å². The highest BCUT2D eigenvalue weighted by atomic mass is 14.7. The van der Waals surface area contributed by atoms with E-state index in [4.69, 9.17) is 5.73 Å². The molecule has 0 saturated heterocycles. The van der Waals surface area contributed by atoms with Gasteiger partial charge in [-0.15, -0.1) is 0 Å². The monoisotopic (exact) mass is 262 g/mol. The third-order valence-electron chi connectivity index (χ3n) is 3.58. The molecule has 2 heteroatoms. The molecule has 2 N–H and O–H groups in total. The molecule has 1 heterocycles. The first-order chi connectivity index (χ1) is 9.72. The number of rotatable bonds is 3. The molecule has 0 spiro atoms. The quantitative estimate of drug-likeness (QED) is 0.780. The molecule has 1 aromatic heterocycles. The number of benzene rings is 2. The zero-order valence-corrected chi connectivity index (χ0v) is 11.6. The van der Waals surface area contributed by atoms with Crippen LogP contribution in [0.5, 0.6) is 0 Å². The number of nitrogens with two attached hydrogens (primary N) is 1. The fourth-order valence-electron chi connectivity index (χ4n) is 2.50. The third kappa shape index (κ3) is 2.70. The topological polar surface area (TPSA) is 38.9 Å². The highest BCUT2D eigenvalue weighted by Crippen LogP contribution is 2.20. The number of aromatic nitrogens is 1. The lowest BCUT2D eigenvalue weighted by Gasteiger charge is -2.13. The Morgan fingerprint density at radius 2 is 1.90 bits per heavy atom. The van der Waals surface area contributed by atoms with Crippen LogP contribution < -0.4 is 5.73 Å². The second-order valence-corrected chi connectivity index (χ2v) is 5.26. The highest BCUT2D eigenvalue weighted by molar-refractivity contribution is 5.78. The Balaban J connectivity index is 1.86. The van der Waals surface area contributed by atoms with E-state index >= 15 is 0 Å². The summed E-state index contributed by atoms with van der Waals surface area (Å²) in [6.45, 7) is 2.10. The van der Waals surface area contributed by atoms with Gasteiger partial charge in [0.25, 0.3) is 0 Å². The van der Waals surface area contributed by atoms with E-state index in [2.05, 4.69) is 48.3 Å². The molecule has 0 aliphatic rings. The molecule has 0 aliphatic heterocycles. The van der Waals surface area contributed by atoms with Gasteiger partial charge in [-0.05, 0) is 36.6 Å². The van der Waals surface area contributed by atoms with Crippen molar-refractivity contribution in [3.05, 3.63) is 77.5 Å². The second kappa shape index (κ2) is 5.43. The van der Waals surface area contributed by atoms with Gasteiger partial charge in [0.05, 0.1) is 5.52 Å². The van der Waals surface area contributed by atoms with Crippen molar-refractivity contribution in [1.82, 2.24) is 4.98 Å². The minimum atomic E-state index is -0.0195. The van der Waals surface area contributed by atoms with Gasteiger partial charge in [0.1, 0.15) is 0 Å². The molecule has 0 fully saturated rings. The molecular formula is C18H18N2. The van der Waals surface area contributed by atoms with Crippen molar-refractivity contribution in [3.63, 3.8) is 0 Å². The lowest BCUT2D eigenvalue weighted by Crippen LogP contribution is -2.13. The minimum absolute atomic E-state index is 0.0195. The molecule has 3 rings (SSSR count). The fourth-order valence-corrected chi connectivity index (χ4v) is 2.50. The Labute approximate surface area is 119 Å². The van der Waals surface area contributed by atoms with Gasteiger partial charge in [-0.2, -0.15) is 0 Å². The summed E-state index contributed by atoms with van der Waals surface area (Å²) in [5, 5.41) is 1.14. The van der Waals surface area contributed by atoms with Crippen LogP contribution in [0.3, 0.4) is 0 Å². The molecule has 20 heavy (non-hydrogen) atoms. The Kier molecular flexibility index (Phi) is 3.48. The van der Waals surface area contributed by atoms with Crippen LogP contribution in [-0.2, 0) is 6.42 Å². The molecule has 0 radical (unpaired) electrons. The summed E-state index contributed by atoms with van der Waals surface area (Å²) in [5.41, 5.74) is 11.0. The zero-order chi connectivity index (χ0) is 13.9. The maximum Gasteiger partial charge on any atom is 0.0702 e. The van der Waals surface area contributed by atoms with Crippen molar-refractivity contribution < 1.29 is 0 Å². The van der Waals surface area contributed by atoms with Gasteiger partial charge in [-0.1, -0.05) is 48.0 Å². The van der Waals surface area contributed by atoms with Crippen molar-refractivity contribution >= 4 is 10.9 Å². The molecule has 2 aromatic carbocycles. The van der Waals surface area contributed by atoms with Gasteiger partial charge in [-0.3, -0.25) is 4.98 Å². The number of aryl methyl sites for hydroxylation is 1. The average Bonchev–Trinajstić information content (AvgIpc) is 2.47. The summed E-state index contributed by atoms with van der Waals surface area (Å²) >= 11 is 0. The van der Waals surface area contributed by atoms with Crippen molar-refractivity contribution in [2.45, 2.75) is 19.4 Å². The normalized spacial score (nSPS) is 12.5. The summed E-state index contributed by atoms with van der Waals surface area (Å²) in [7, 11) is 0. The lowest BCUT2D eigenvalue weighted by molar-refractivity contribution is 0.719. The number of para-hydroxylation sites is 1. The van der Waals surface area contributed by atoms with Crippen molar-refractivity contribution in [2.24, 2.45) is 5.73 Å². The standard InChI is InChI=1S/C18H18N2/c1-13-5-4-6-14(9-13)10-17(19)16-11-15-7-2-3-8-18(15)20-12-16/h2-9,11-12,17H,10,19H2,1H3. The summed E-state index contributed by atoms with van der Waals surface area (Å²) in [4.78, 5) is 4.48. The Hall–Kier alpha value is -2.19. The van der Waals surface area contributed by atoms with Crippen molar-refractivity contribution in [1.29, 1.82) is 0 Å². The first kappa shape index (κ1) is 12.8. The molecule has 0 bridgehead atoms. The number of hydrogen-bond acceptors (Lipinski definition) is 2. The third-order valence-corrected chi connectivity index (χ3v) is 3.58. The van der Waals surface area contributed by atoms with Gasteiger partial charge >= 0.3 is 0 Å². The summed E-state index contributed by atoms with van der Waals surface area (Å²) in [6, 6.07) is 18.7. The molecule has 1 unspecified atom stereocenters. The predicted octanol–water partition coefficient (Wildman–Crippen LogP) is 3.79. The molecule has 3 aromatic rings. The molecule has 100 valence electrons. The molecule has 0 saturated carbocycles. The zero-order valence-electron chi connectivity index (χ0n) is 11.6. The van der Waals surface area contributed by atoms with Crippen LogP contribution in [0.25, 0.3) is 10.9 Å². The van der Waals surface area contributed by atoms with Crippen molar-refractivity contribution in [3.8, 4) is 0 Å². The molecule has 2 nitrogen and oxygen atoms in total. The summed E-state index contributed by atoms with van der Waals surface area (Å²) < 4.78 is 0. The largest absolute Gasteiger partial charge is 0.324 e. The van der Waals surface area contributed by atoms with E-state index in [1.807, 2.05) is 24.4 Å². The van der Waals surface area contributed by atoms with E-state index in [-0.39, 0.29) is 6.04 Å². The maximum atomic E-state index is 6.33. The smallest absolute Gasteiger partial charge is 0.0702 e. The van der Waals surface area contributed by atoms with Crippen LogP contribution in [0, 0.1) is 6.92 Å². The summed E-state index contributed by atoms with van der Waals surface area (Å²) in [6.07, 6.45) is 2.73. The summed E-state index contributed by atoms with van der Waals surface area (Å²) in [5.74, 6) is 0. The number of hydrogen-bond donors (Lipinski definition) is 1. The van der Waals surface area contributed by atoms with Crippen LogP contribution in [0.15, 0.2) is 60.8 Å². The predicted molar refractivity (Wildman–Crippen MR) is 83.6 cm³/mol. The number of pyridine rings is 1. The number of nitrogens with zero attached hydrogens (tertiary/aromatic N) is 1.